The van der Waals surface area contributed by atoms with Crippen LogP contribution >= 0.6 is 18.5 Å². The molecular weight excluding hydrogens is 185 g/mol. The summed E-state index contributed by atoms with van der Waals surface area (Å²) in [4.78, 5) is 0. The van der Waals surface area contributed by atoms with Gasteiger partial charge in [-0.2, -0.15) is 5.26 Å². The van der Waals surface area contributed by atoms with Gasteiger partial charge in [0.2, 0.25) is 0 Å². The number of hydrogen-bond acceptors (Lipinski definition) is 2. The van der Waals surface area contributed by atoms with Gasteiger partial charge in [-0.15, -0.1) is 11.4 Å². The van der Waals surface area contributed by atoms with E-state index in [9.17, 15) is 0 Å². The molecule has 0 N–H and O–H groups in total. The van der Waals surface area contributed by atoms with Crippen LogP contribution in [0, 0.1) is 11.3 Å². The summed E-state index contributed by atoms with van der Waals surface area (Å²) in [6.07, 6.45) is 5.86. The van der Waals surface area contributed by atoms with Crippen LogP contribution in [0.15, 0.2) is 0 Å². The van der Waals surface area contributed by atoms with Crippen molar-refractivity contribution >= 4 is 18.5 Å². The summed E-state index contributed by atoms with van der Waals surface area (Å²) in [5.74, 6) is 1.29. The van der Waals surface area contributed by atoms with Gasteiger partial charge in [0.25, 0.3) is 0 Å². The molecule has 1 nitrogen and oxygen atoms in total. The van der Waals surface area contributed by atoms with E-state index in [4.69, 9.17) is 5.26 Å². The highest BCUT2D eigenvalue weighted by atomic mass is 32.7. The molecule has 3 heteroatoms. The summed E-state index contributed by atoms with van der Waals surface area (Å²) in [5, 5.41) is 8.38. The van der Waals surface area contributed by atoms with E-state index >= 15 is 0 Å². The maximum atomic E-state index is 8.38. The minimum absolute atomic E-state index is 0.0911. The van der Waals surface area contributed by atoms with Crippen LogP contribution in [0.1, 0.15) is 32.6 Å². The smallest absolute Gasteiger partial charge is 0.0625 e. The fourth-order valence-electron chi connectivity index (χ4n) is 0.844. The maximum absolute atomic E-state index is 8.38. The molecule has 0 aliphatic carbocycles. The third-order valence-corrected chi connectivity index (χ3v) is 5.78. The largest absolute Gasteiger partial charge is 0.198 e. The number of hydrogen-bond donors (Lipinski definition) is 0. The molecule has 0 aromatic heterocycles. The van der Waals surface area contributed by atoms with Gasteiger partial charge in [-0.3, -0.25) is 0 Å². The quantitative estimate of drug-likeness (QED) is 0.463. The summed E-state index contributed by atoms with van der Waals surface area (Å²) in [6.45, 7) is 4.51. The molecule has 0 bridgehead atoms. The summed E-state index contributed by atoms with van der Waals surface area (Å²) in [5.41, 5.74) is 0. The average Bonchev–Trinajstić information content (AvgIpc) is 2.09. The highest BCUT2D eigenvalue weighted by molar-refractivity contribution is 8.55. The molecule has 0 fully saturated rings. The van der Waals surface area contributed by atoms with E-state index in [1.54, 1.807) is 0 Å². The zero-order valence-corrected chi connectivity index (χ0v) is 9.76. The molecule has 0 aliphatic heterocycles. The van der Waals surface area contributed by atoms with Gasteiger partial charge in [-0.25, -0.2) is 0 Å². The van der Waals surface area contributed by atoms with Crippen molar-refractivity contribution in [2.45, 2.75) is 32.6 Å². The van der Waals surface area contributed by atoms with Crippen LogP contribution in [0.2, 0.25) is 0 Å². The Bertz CT molecular complexity index is 133. The third-order valence-electron chi connectivity index (χ3n) is 1.60. The normalized spacial score (nSPS) is 12.4. The maximum Gasteiger partial charge on any atom is 0.0625 e. The average molecular weight is 203 g/mol. The molecule has 1 atom stereocenters. The Kier molecular flexibility index (Phi) is 9.57. The molecule has 0 spiro atoms. The SMILES string of the molecule is CCCCCSP(C)CCC#N. The monoisotopic (exact) mass is 203 g/mol. The fraction of sp³-hybridized carbons (Fsp3) is 0.889. The van der Waals surface area contributed by atoms with Crippen LogP contribution in [0.5, 0.6) is 0 Å². The second kappa shape index (κ2) is 9.36. The Labute approximate surface area is 81.4 Å². The summed E-state index contributed by atoms with van der Waals surface area (Å²) in [6, 6.07) is 2.20. The van der Waals surface area contributed by atoms with Crippen LogP contribution in [0.4, 0.5) is 0 Å². The Balaban J connectivity index is 3.09. The number of nitriles is 1. The fourth-order valence-corrected chi connectivity index (χ4v) is 4.02. The summed E-state index contributed by atoms with van der Waals surface area (Å²) >= 11 is 2.07. The number of rotatable bonds is 7. The van der Waals surface area contributed by atoms with Gasteiger partial charge in [-0.05, 0) is 32.1 Å². The Hall–Kier alpha value is 0.270. The lowest BCUT2D eigenvalue weighted by atomic mass is 10.3. The van der Waals surface area contributed by atoms with Gasteiger partial charge in [0.1, 0.15) is 0 Å². The molecule has 0 radical (unpaired) electrons. The van der Waals surface area contributed by atoms with Crippen molar-refractivity contribution in [3.8, 4) is 6.07 Å². The molecule has 0 heterocycles. The second-order valence-electron chi connectivity index (χ2n) is 2.80. The van der Waals surface area contributed by atoms with E-state index in [0.29, 0.717) is 0 Å². The first kappa shape index (κ1) is 12.3. The van der Waals surface area contributed by atoms with Crippen molar-refractivity contribution in [2.24, 2.45) is 0 Å². The standard InChI is InChI=1S/C9H18NPS/c1-3-4-5-9-12-11(2)8-6-7-10/h3-6,8-9H2,1-2H3. The molecule has 0 aliphatic rings. The molecule has 70 valence electrons. The summed E-state index contributed by atoms with van der Waals surface area (Å²) < 4.78 is 0. The molecule has 0 saturated heterocycles. The van der Waals surface area contributed by atoms with Crippen LogP contribution in [0.25, 0.3) is 0 Å². The summed E-state index contributed by atoms with van der Waals surface area (Å²) in [7, 11) is 0.0911. The lowest BCUT2D eigenvalue weighted by Gasteiger charge is -2.08. The van der Waals surface area contributed by atoms with Crippen molar-refractivity contribution in [2.75, 3.05) is 18.6 Å². The predicted octanol–water partition coefficient (Wildman–Crippen LogP) is 3.85. The van der Waals surface area contributed by atoms with Crippen LogP contribution in [-0.2, 0) is 0 Å². The molecule has 0 saturated carbocycles. The van der Waals surface area contributed by atoms with Gasteiger partial charge < -0.3 is 0 Å². The van der Waals surface area contributed by atoms with Crippen molar-refractivity contribution in [1.29, 1.82) is 5.26 Å². The number of nitrogens with zero attached hydrogens (tertiary/aromatic N) is 1. The van der Waals surface area contributed by atoms with Crippen molar-refractivity contribution < 1.29 is 0 Å². The van der Waals surface area contributed by atoms with E-state index in [-0.39, 0.29) is 7.12 Å². The van der Waals surface area contributed by atoms with Gasteiger partial charge in [0.05, 0.1) is 6.07 Å². The van der Waals surface area contributed by atoms with Gasteiger partial charge in [0.15, 0.2) is 0 Å². The van der Waals surface area contributed by atoms with Crippen molar-refractivity contribution in [3.63, 3.8) is 0 Å². The van der Waals surface area contributed by atoms with Gasteiger partial charge in [-0.1, -0.05) is 19.8 Å². The van der Waals surface area contributed by atoms with E-state index in [1.807, 2.05) is 0 Å². The first-order chi connectivity index (χ1) is 5.81. The predicted molar refractivity (Wildman–Crippen MR) is 59.9 cm³/mol. The molecule has 0 aromatic rings. The van der Waals surface area contributed by atoms with E-state index in [2.05, 4.69) is 31.0 Å². The highest BCUT2D eigenvalue weighted by Gasteiger charge is 2.00. The van der Waals surface area contributed by atoms with Crippen LogP contribution in [0.3, 0.4) is 0 Å². The zero-order valence-electron chi connectivity index (χ0n) is 8.05. The van der Waals surface area contributed by atoms with E-state index < -0.39 is 0 Å². The lowest BCUT2D eigenvalue weighted by molar-refractivity contribution is 0.779. The third kappa shape index (κ3) is 8.37. The van der Waals surface area contributed by atoms with Crippen LogP contribution < -0.4 is 0 Å². The Morgan fingerprint density at radius 2 is 2.17 bits per heavy atom. The second-order valence-corrected chi connectivity index (χ2v) is 7.81. The molecule has 0 aromatic carbocycles. The molecule has 1 unspecified atom stereocenters. The molecular formula is C9H18NPS. The zero-order chi connectivity index (χ0) is 9.23. The van der Waals surface area contributed by atoms with Crippen LogP contribution in [-0.4, -0.2) is 18.6 Å². The minimum Gasteiger partial charge on any atom is -0.198 e. The molecule has 12 heavy (non-hydrogen) atoms. The molecule has 0 amide bonds. The Morgan fingerprint density at radius 3 is 2.75 bits per heavy atom. The van der Waals surface area contributed by atoms with Crippen molar-refractivity contribution in [3.05, 3.63) is 0 Å². The first-order valence-electron chi connectivity index (χ1n) is 4.52. The molecule has 0 rings (SSSR count). The first-order valence-corrected chi connectivity index (χ1v) is 8.08. The Morgan fingerprint density at radius 1 is 1.42 bits per heavy atom. The minimum atomic E-state index is 0.0911. The van der Waals surface area contributed by atoms with Gasteiger partial charge >= 0.3 is 0 Å². The van der Waals surface area contributed by atoms with Gasteiger partial charge in [0, 0.05) is 6.42 Å². The highest BCUT2D eigenvalue weighted by Crippen LogP contribution is 2.46. The lowest BCUT2D eigenvalue weighted by Crippen LogP contribution is -1.81. The topological polar surface area (TPSA) is 23.8 Å². The van der Waals surface area contributed by atoms with Crippen molar-refractivity contribution in [1.82, 2.24) is 0 Å². The van der Waals surface area contributed by atoms with E-state index in [1.165, 1.54) is 25.0 Å². The van der Waals surface area contributed by atoms with E-state index in [0.717, 1.165) is 12.6 Å². The number of unbranched alkanes of at least 4 members (excludes halogenated alkanes) is 2.